The van der Waals surface area contributed by atoms with Crippen LogP contribution in [0.5, 0.6) is 0 Å². The Bertz CT molecular complexity index is 6.00. The van der Waals surface area contributed by atoms with Crippen LogP contribution in [0.3, 0.4) is 0 Å². The van der Waals surface area contributed by atoms with Crippen LogP contribution >= 0.6 is 20.0 Å². The maximum absolute atomic E-state index is 4.89. The van der Waals surface area contributed by atoms with Gasteiger partial charge in [0, 0.05) is 7.43 Å². The normalized spacial score (nSPS) is 4.50. The summed E-state index contributed by atoms with van der Waals surface area (Å²) in [5.74, 6) is 0. The molecule has 0 rings (SSSR count). The van der Waals surface area contributed by atoms with E-state index in [0.29, 0.717) is 0 Å². The van der Waals surface area contributed by atoms with E-state index in [2.05, 4.69) is 0 Å². The van der Waals surface area contributed by atoms with Gasteiger partial charge in [-0.1, -0.05) is 0 Å². The Morgan fingerprint density at radius 1 is 1.25 bits per heavy atom. The predicted molar refractivity (Wildman–Crippen MR) is 23.9 cm³/mol. The fraction of sp³-hybridized carbons (Fsp3) is 0. The standard InChI is InChI=1S/CH3.Cl2Ge/c;1-3-2/h1H3;/q+1;. The van der Waals surface area contributed by atoms with Crippen LogP contribution in [-0.2, 0) is 0 Å². The van der Waals surface area contributed by atoms with Crippen molar-refractivity contribution in [1.82, 2.24) is 0 Å². The Morgan fingerprint density at radius 3 is 1.25 bits per heavy atom. The van der Waals surface area contributed by atoms with E-state index < -0.39 is 13.6 Å². The zero-order valence-corrected chi connectivity index (χ0v) is 5.87. The van der Waals surface area contributed by atoms with E-state index in [1.54, 1.807) is 0 Å². The predicted octanol–water partition coefficient (Wildman–Crippen LogP) is 1.45. The summed E-state index contributed by atoms with van der Waals surface area (Å²) >= 11 is -0.556. The van der Waals surface area contributed by atoms with Gasteiger partial charge in [0.2, 0.25) is 0 Å². The number of hydrogen-bond donors (Lipinski definition) is 0. The zero-order valence-electron chi connectivity index (χ0n) is 2.26. The van der Waals surface area contributed by atoms with E-state index >= 15 is 0 Å². The minimum absolute atomic E-state index is 0. The summed E-state index contributed by atoms with van der Waals surface area (Å²) in [7, 11) is 9.78. The molecule has 24 valence electrons. The molecule has 0 aromatic heterocycles. The first-order valence-electron chi connectivity index (χ1n) is 0.378. The van der Waals surface area contributed by atoms with Crippen molar-refractivity contribution < 1.29 is 0 Å². The van der Waals surface area contributed by atoms with Crippen molar-refractivity contribution in [2.75, 3.05) is 0 Å². The zero-order chi connectivity index (χ0) is 2.71. The van der Waals surface area contributed by atoms with Crippen LogP contribution in [0.15, 0.2) is 0 Å². The van der Waals surface area contributed by atoms with E-state index in [-0.39, 0.29) is 7.43 Å². The molecule has 0 aromatic rings. The monoisotopic (exact) mass is 159 g/mol. The third-order valence-corrected chi connectivity index (χ3v) is 0. The third-order valence-electron chi connectivity index (χ3n) is 0. The van der Waals surface area contributed by atoms with E-state index in [0.717, 1.165) is 0 Å². The molecule has 2 radical (unpaired) electrons. The summed E-state index contributed by atoms with van der Waals surface area (Å²) in [6.07, 6.45) is 0. The number of halogens is 2. The van der Waals surface area contributed by atoms with Crippen LogP contribution in [0.25, 0.3) is 0 Å². The van der Waals surface area contributed by atoms with Gasteiger partial charge in [-0.25, -0.2) is 0 Å². The van der Waals surface area contributed by atoms with Gasteiger partial charge < -0.3 is 0 Å². The topological polar surface area (TPSA) is 0 Å². The molecule has 0 unspecified atom stereocenters. The van der Waals surface area contributed by atoms with Crippen molar-refractivity contribution in [2.24, 2.45) is 0 Å². The molecule has 4 heavy (non-hydrogen) atoms. The van der Waals surface area contributed by atoms with E-state index in [1.807, 2.05) is 0 Å². The molecular formula is CH3Cl2Ge+. The molecule has 3 heteroatoms. The van der Waals surface area contributed by atoms with Gasteiger partial charge in [-0.05, 0) is 0 Å². The van der Waals surface area contributed by atoms with Gasteiger partial charge in [-0.15, -0.1) is 0 Å². The molecule has 0 amide bonds. The van der Waals surface area contributed by atoms with Gasteiger partial charge >= 0.3 is 33.6 Å². The molecule has 0 fully saturated rings. The molecule has 0 nitrogen and oxygen atoms in total. The van der Waals surface area contributed by atoms with Crippen molar-refractivity contribution in [2.45, 2.75) is 0 Å². The van der Waals surface area contributed by atoms with Gasteiger partial charge in [0.1, 0.15) is 0 Å². The van der Waals surface area contributed by atoms with Crippen molar-refractivity contribution >= 4 is 33.6 Å². The van der Waals surface area contributed by atoms with Crippen molar-refractivity contribution in [3.8, 4) is 0 Å². The van der Waals surface area contributed by atoms with Crippen molar-refractivity contribution in [1.29, 1.82) is 0 Å². The second-order valence-corrected chi connectivity index (χ2v) is 3.34. The van der Waals surface area contributed by atoms with Gasteiger partial charge in [0.15, 0.2) is 0 Å². The van der Waals surface area contributed by atoms with Gasteiger partial charge in [-0.2, -0.15) is 0 Å². The van der Waals surface area contributed by atoms with Crippen LogP contribution in [0, 0.1) is 7.43 Å². The van der Waals surface area contributed by atoms with Crippen LogP contribution < -0.4 is 0 Å². The van der Waals surface area contributed by atoms with Gasteiger partial charge in [0.05, 0.1) is 0 Å². The summed E-state index contributed by atoms with van der Waals surface area (Å²) in [5, 5.41) is 0. The minimum atomic E-state index is -0.556. The van der Waals surface area contributed by atoms with Gasteiger partial charge in [-0.3, -0.25) is 0 Å². The summed E-state index contributed by atoms with van der Waals surface area (Å²) in [6.45, 7) is 0. The molecular weight excluding hydrogens is 156 g/mol. The first-order chi connectivity index (χ1) is 1.41. The van der Waals surface area contributed by atoms with E-state index in [1.165, 1.54) is 0 Å². The molecule has 0 N–H and O–H groups in total. The Labute approximate surface area is 41.3 Å². The second-order valence-electron chi connectivity index (χ2n) is 0.0714. The quantitative estimate of drug-likeness (QED) is 0.370. The molecule has 0 bridgehead atoms. The third kappa shape index (κ3) is 12.1. The Kier molecular flexibility index (Phi) is 20.0. The summed E-state index contributed by atoms with van der Waals surface area (Å²) < 4.78 is 0. The first-order valence-corrected chi connectivity index (χ1v) is 5.89. The van der Waals surface area contributed by atoms with E-state index in [4.69, 9.17) is 20.0 Å². The SMILES string of the molecule is [CH3+].[Cl][Ge][Cl]. The molecule has 0 aromatic carbocycles. The molecule has 0 aliphatic heterocycles. The molecule has 0 saturated heterocycles. The Balaban J connectivity index is 0. The first kappa shape index (κ1) is 8.89. The van der Waals surface area contributed by atoms with Crippen LogP contribution in [-0.4, -0.2) is 13.6 Å². The molecule has 0 spiro atoms. The van der Waals surface area contributed by atoms with Crippen LogP contribution in [0.2, 0.25) is 0 Å². The molecule has 0 heterocycles. The van der Waals surface area contributed by atoms with Crippen molar-refractivity contribution in [3.63, 3.8) is 0 Å². The maximum atomic E-state index is 4.89. The average molecular weight is 159 g/mol. The fourth-order valence-electron chi connectivity index (χ4n) is 0. The molecule has 0 aliphatic rings. The molecule has 0 atom stereocenters. The Hall–Kier alpha value is 0.993. The fourth-order valence-corrected chi connectivity index (χ4v) is 0. The summed E-state index contributed by atoms with van der Waals surface area (Å²) in [5.41, 5.74) is 0. The van der Waals surface area contributed by atoms with Crippen LogP contribution in [0.1, 0.15) is 0 Å². The second kappa shape index (κ2) is 9.01. The molecule has 0 aliphatic carbocycles. The number of rotatable bonds is 0. The van der Waals surface area contributed by atoms with E-state index in [9.17, 15) is 0 Å². The summed E-state index contributed by atoms with van der Waals surface area (Å²) in [6, 6.07) is 0. The number of hydrogen-bond acceptors (Lipinski definition) is 0. The van der Waals surface area contributed by atoms with Crippen molar-refractivity contribution in [3.05, 3.63) is 7.43 Å². The Morgan fingerprint density at radius 2 is 1.25 bits per heavy atom. The molecule has 0 saturated carbocycles. The van der Waals surface area contributed by atoms with Crippen LogP contribution in [0.4, 0.5) is 0 Å². The average Bonchev–Trinajstić information content (AvgIpc) is 0.918. The van der Waals surface area contributed by atoms with Gasteiger partial charge in [0.25, 0.3) is 0 Å². The summed E-state index contributed by atoms with van der Waals surface area (Å²) in [4.78, 5) is 0.